The fraction of sp³-hybridized carbons (Fsp3) is 0.765. The number of methoxy groups -OCH3 is 1. The predicted molar refractivity (Wildman–Crippen MR) is 86.9 cm³/mol. The molecule has 1 fully saturated rings. The van der Waals surface area contributed by atoms with E-state index in [0.717, 1.165) is 18.0 Å². The first-order valence-corrected chi connectivity index (χ1v) is 8.65. The normalized spacial score (nSPS) is 23.8. The summed E-state index contributed by atoms with van der Waals surface area (Å²) in [6.45, 7) is 2.27. The van der Waals surface area contributed by atoms with Gasteiger partial charge >= 0.3 is 0 Å². The van der Waals surface area contributed by atoms with Crippen LogP contribution in [-0.4, -0.2) is 22.5 Å². The molecule has 0 amide bonds. The lowest BCUT2D eigenvalue weighted by Crippen LogP contribution is -2.24. The predicted octanol–water partition coefficient (Wildman–Crippen LogP) is 4.63. The van der Waals surface area contributed by atoms with Crippen LogP contribution in [0.25, 0.3) is 0 Å². The highest BCUT2D eigenvalue weighted by atomic mass is 35.5. The van der Waals surface area contributed by atoms with Gasteiger partial charge in [0.2, 0.25) is 5.88 Å². The average Bonchev–Trinajstić information content (AvgIpc) is 2.53. The van der Waals surface area contributed by atoms with Crippen molar-refractivity contribution in [1.29, 1.82) is 0 Å². The van der Waals surface area contributed by atoms with Crippen LogP contribution in [0, 0.1) is 11.8 Å². The van der Waals surface area contributed by atoms with E-state index in [1.165, 1.54) is 44.9 Å². The van der Waals surface area contributed by atoms with Crippen molar-refractivity contribution in [1.82, 2.24) is 9.97 Å². The third-order valence-electron chi connectivity index (χ3n) is 4.68. The Bertz CT molecular complexity index is 419. The van der Waals surface area contributed by atoms with Crippen molar-refractivity contribution in [3.8, 4) is 5.88 Å². The van der Waals surface area contributed by atoms with E-state index in [0.29, 0.717) is 11.8 Å². The molecule has 4 heteroatoms. The maximum atomic E-state index is 6.64. The fourth-order valence-corrected chi connectivity index (χ4v) is 3.71. The van der Waals surface area contributed by atoms with E-state index >= 15 is 0 Å². The number of hydrogen-bond acceptors (Lipinski definition) is 3. The lowest BCUT2D eigenvalue weighted by atomic mass is 9.78. The van der Waals surface area contributed by atoms with Gasteiger partial charge in [0.25, 0.3) is 0 Å². The van der Waals surface area contributed by atoms with Crippen LogP contribution < -0.4 is 4.74 Å². The zero-order valence-electron chi connectivity index (χ0n) is 13.2. The number of hydrogen-bond donors (Lipinski definition) is 0. The number of ether oxygens (including phenoxy) is 1. The van der Waals surface area contributed by atoms with Crippen molar-refractivity contribution in [2.45, 2.75) is 63.7 Å². The summed E-state index contributed by atoms with van der Waals surface area (Å²) in [6, 6.07) is 1.89. The highest BCUT2D eigenvalue weighted by molar-refractivity contribution is 6.20. The van der Waals surface area contributed by atoms with Gasteiger partial charge in [-0.25, -0.2) is 9.97 Å². The van der Waals surface area contributed by atoms with Gasteiger partial charge in [-0.1, -0.05) is 39.0 Å². The van der Waals surface area contributed by atoms with E-state index in [9.17, 15) is 0 Å². The molecule has 3 nitrogen and oxygen atoms in total. The van der Waals surface area contributed by atoms with Crippen LogP contribution in [0.1, 0.15) is 57.6 Å². The molecule has 0 aromatic carbocycles. The van der Waals surface area contributed by atoms with Gasteiger partial charge in [-0.2, -0.15) is 0 Å². The van der Waals surface area contributed by atoms with Crippen molar-refractivity contribution in [2.75, 3.05) is 7.11 Å². The maximum Gasteiger partial charge on any atom is 0.216 e. The molecule has 1 aromatic rings. The molecule has 118 valence electrons. The maximum absolute atomic E-state index is 6.64. The number of unbranched alkanes of at least 4 members (excludes halogenated alkanes) is 1. The Hall–Kier alpha value is -0.830. The molecule has 1 aromatic heterocycles. The van der Waals surface area contributed by atoms with Crippen molar-refractivity contribution in [3.05, 3.63) is 18.1 Å². The van der Waals surface area contributed by atoms with Crippen molar-refractivity contribution >= 4 is 11.6 Å². The summed E-state index contributed by atoms with van der Waals surface area (Å²) in [5.41, 5.74) is 0.981. The van der Waals surface area contributed by atoms with Gasteiger partial charge in [0.05, 0.1) is 7.11 Å². The van der Waals surface area contributed by atoms with Crippen LogP contribution >= 0.6 is 11.6 Å². The van der Waals surface area contributed by atoms with Crippen LogP contribution in [0.2, 0.25) is 0 Å². The summed E-state index contributed by atoms with van der Waals surface area (Å²) in [5, 5.41) is 0.178. The summed E-state index contributed by atoms with van der Waals surface area (Å²) >= 11 is 6.64. The second-order valence-electron chi connectivity index (χ2n) is 6.19. The molecular formula is C17H27ClN2O. The first kappa shape index (κ1) is 16.5. The Labute approximate surface area is 133 Å². The Balaban J connectivity index is 1.80. The number of halogens is 1. The molecule has 0 N–H and O–H groups in total. The van der Waals surface area contributed by atoms with Gasteiger partial charge in [0.1, 0.15) is 6.33 Å². The lowest BCUT2D eigenvalue weighted by Gasteiger charge is -2.31. The second-order valence-corrected chi connectivity index (χ2v) is 6.76. The SMILES string of the molecule is CCCCC1CCC(C(Cl)Cc2cc(OC)ncn2)CC1. The molecule has 1 atom stereocenters. The molecule has 1 saturated carbocycles. The minimum atomic E-state index is 0.178. The van der Waals surface area contributed by atoms with E-state index in [1.54, 1.807) is 13.4 Å². The summed E-state index contributed by atoms with van der Waals surface area (Å²) < 4.78 is 5.14. The Kier molecular flexibility index (Phi) is 6.75. The highest BCUT2D eigenvalue weighted by Gasteiger charge is 2.26. The first-order valence-electron chi connectivity index (χ1n) is 8.22. The molecule has 1 aliphatic rings. The lowest BCUT2D eigenvalue weighted by molar-refractivity contribution is 0.252. The summed E-state index contributed by atoms with van der Waals surface area (Å²) in [7, 11) is 1.63. The average molecular weight is 311 g/mol. The van der Waals surface area contributed by atoms with Gasteiger partial charge in [-0.05, 0) is 24.7 Å². The standard InChI is InChI=1S/C17H27ClN2O/c1-3-4-5-13-6-8-14(9-7-13)16(18)10-15-11-17(21-2)20-12-19-15/h11-14,16H,3-10H2,1-2H3. The summed E-state index contributed by atoms with van der Waals surface area (Å²) in [6.07, 6.45) is 11.7. The molecule has 21 heavy (non-hydrogen) atoms. The minimum absolute atomic E-state index is 0.178. The molecule has 2 rings (SSSR count). The zero-order chi connectivity index (χ0) is 15.1. The molecule has 0 radical (unpaired) electrons. The quantitative estimate of drug-likeness (QED) is 0.689. The van der Waals surface area contributed by atoms with Crippen LogP contribution in [-0.2, 0) is 6.42 Å². The Morgan fingerprint density at radius 3 is 2.71 bits per heavy atom. The molecule has 0 aliphatic heterocycles. The summed E-state index contributed by atoms with van der Waals surface area (Å²) in [4.78, 5) is 8.34. The highest BCUT2D eigenvalue weighted by Crippen LogP contribution is 2.36. The monoisotopic (exact) mass is 310 g/mol. The topological polar surface area (TPSA) is 35.0 Å². The van der Waals surface area contributed by atoms with Gasteiger partial charge in [-0.3, -0.25) is 0 Å². The van der Waals surface area contributed by atoms with Crippen LogP contribution in [0.4, 0.5) is 0 Å². The molecule has 0 spiro atoms. The van der Waals surface area contributed by atoms with E-state index in [-0.39, 0.29) is 5.38 Å². The Morgan fingerprint density at radius 2 is 2.05 bits per heavy atom. The van der Waals surface area contributed by atoms with Crippen LogP contribution in [0.3, 0.4) is 0 Å². The van der Waals surface area contributed by atoms with Gasteiger partial charge < -0.3 is 4.74 Å². The minimum Gasteiger partial charge on any atom is -0.481 e. The van der Waals surface area contributed by atoms with E-state index in [2.05, 4.69) is 16.9 Å². The third-order valence-corrected chi connectivity index (χ3v) is 5.19. The number of rotatable bonds is 7. The molecule has 0 bridgehead atoms. The van der Waals surface area contributed by atoms with Crippen LogP contribution in [0.5, 0.6) is 5.88 Å². The van der Waals surface area contributed by atoms with E-state index in [4.69, 9.17) is 16.3 Å². The fourth-order valence-electron chi connectivity index (χ4n) is 3.30. The Morgan fingerprint density at radius 1 is 1.29 bits per heavy atom. The number of aromatic nitrogens is 2. The van der Waals surface area contributed by atoms with E-state index < -0.39 is 0 Å². The number of alkyl halides is 1. The van der Waals surface area contributed by atoms with Gasteiger partial charge in [0, 0.05) is 23.6 Å². The van der Waals surface area contributed by atoms with Crippen molar-refractivity contribution in [3.63, 3.8) is 0 Å². The molecule has 0 saturated heterocycles. The van der Waals surface area contributed by atoms with Crippen molar-refractivity contribution in [2.24, 2.45) is 11.8 Å². The summed E-state index contributed by atoms with van der Waals surface area (Å²) in [5.74, 6) is 2.18. The third kappa shape index (κ3) is 5.14. The first-order chi connectivity index (χ1) is 10.2. The van der Waals surface area contributed by atoms with Crippen LogP contribution in [0.15, 0.2) is 12.4 Å². The zero-order valence-corrected chi connectivity index (χ0v) is 14.0. The smallest absolute Gasteiger partial charge is 0.216 e. The van der Waals surface area contributed by atoms with Gasteiger partial charge in [-0.15, -0.1) is 11.6 Å². The second kappa shape index (κ2) is 8.57. The number of nitrogens with zero attached hydrogens (tertiary/aromatic N) is 2. The van der Waals surface area contributed by atoms with Crippen molar-refractivity contribution < 1.29 is 4.74 Å². The largest absolute Gasteiger partial charge is 0.481 e. The molecular weight excluding hydrogens is 284 g/mol. The van der Waals surface area contributed by atoms with Gasteiger partial charge in [0.15, 0.2) is 0 Å². The van der Waals surface area contributed by atoms with E-state index in [1.807, 2.05) is 6.07 Å². The molecule has 1 unspecified atom stereocenters. The molecule has 1 heterocycles. The molecule has 1 aliphatic carbocycles.